The predicted molar refractivity (Wildman–Crippen MR) is 99.0 cm³/mol. The van der Waals surface area contributed by atoms with Gasteiger partial charge in [0.25, 0.3) is 0 Å². The van der Waals surface area contributed by atoms with Crippen LogP contribution in [0.25, 0.3) is 5.57 Å². The fraction of sp³-hybridized carbons (Fsp3) is 0.600. The van der Waals surface area contributed by atoms with Crippen LogP contribution in [0.5, 0.6) is 11.5 Å². The molecule has 132 valence electrons. The molecule has 23 heavy (non-hydrogen) atoms. The molecule has 0 aliphatic carbocycles. The summed E-state index contributed by atoms with van der Waals surface area (Å²) in [6.07, 6.45) is 8.91. The lowest BCUT2D eigenvalue weighted by Crippen LogP contribution is -1.87. The predicted octanol–water partition coefficient (Wildman–Crippen LogP) is 5.90. The molecule has 1 aromatic carbocycles. The first-order chi connectivity index (χ1) is 11.0. The molecule has 3 heteroatoms. The third-order valence-electron chi connectivity index (χ3n) is 3.88. The van der Waals surface area contributed by atoms with Crippen molar-refractivity contribution in [3.63, 3.8) is 0 Å². The number of phenolic OH excluding ortho intramolecular Hbond substituents is 2. The monoisotopic (exact) mass is 322 g/mol. The van der Waals surface area contributed by atoms with Gasteiger partial charge in [-0.25, -0.2) is 0 Å². The minimum atomic E-state index is 0.117. The maximum Gasteiger partial charge on any atom is 0.119 e. The van der Waals surface area contributed by atoms with Gasteiger partial charge < -0.3 is 14.9 Å². The molecule has 0 spiro atoms. The van der Waals surface area contributed by atoms with Gasteiger partial charge >= 0.3 is 0 Å². The fourth-order valence-electron chi connectivity index (χ4n) is 2.42. The van der Waals surface area contributed by atoms with Crippen LogP contribution in [-0.2, 0) is 4.74 Å². The van der Waals surface area contributed by atoms with E-state index in [4.69, 9.17) is 0 Å². The first kappa shape index (κ1) is 21.5. The van der Waals surface area contributed by atoms with Gasteiger partial charge in [0.1, 0.15) is 11.5 Å². The topological polar surface area (TPSA) is 49.7 Å². The van der Waals surface area contributed by atoms with Crippen molar-refractivity contribution in [3.05, 3.63) is 29.3 Å². The normalized spacial score (nSPS) is 11.5. The maximum absolute atomic E-state index is 9.54. The lowest BCUT2D eigenvalue weighted by atomic mass is 9.97. The van der Waals surface area contributed by atoms with Crippen molar-refractivity contribution < 1.29 is 14.9 Å². The number of methoxy groups -OCH3 is 1. The molecule has 0 aliphatic heterocycles. The van der Waals surface area contributed by atoms with E-state index >= 15 is 0 Å². The molecule has 0 bridgehead atoms. The summed E-state index contributed by atoms with van der Waals surface area (Å²) < 4.78 is 4.25. The van der Waals surface area contributed by atoms with Crippen molar-refractivity contribution >= 4 is 5.57 Å². The molecule has 0 aromatic heterocycles. The standard InChI is InChI=1S/C18H28O2.C2H6O/c1-4-5-6-7-8-9-10-14(2)15(3)16-11-17(19)13-18(20)12-16;1-3-2/h11-13,19-20H,4-10H2,1-3H3;1-2H3/b15-14+;. The highest BCUT2D eigenvalue weighted by molar-refractivity contribution is 5.68. The van der Waals surface area contributed by atoms with Crippen molar-refractivity contribution in [2.45, 2.75) is 65.7 Å². The van der Waals surface area contributed by atoms with E-state index in [2.05, 4.69) is 25.5 Å². The largest absolute Gasteiger partial charge is 0.508 e. The second-order valence-electron chi connectivity index (χ2n) is 6.07. The zero-order valence-electron chi connectivity index (χ0n) is 15.5. The Morgan fingerprint density at radius 3 is 1.87 bits per heavy atom. The number of unbranched alkanes of at least 4 members (excludes halogenated alkanes) is 5. The Bertz CT molecular complexity index is 444. The van der Waals surface area contributed by atoms with Gasteiger partial charge in [-0.1, -0.05) is 44.6 Å². The van der Waals surface area contributed by atoms with Crippen LogP contribution in [0.1, 0.15) is 71.3 Å². The smallest absolute Gasteiger partial charge is 0.119 e. The van der Waals surface area contributed by atoms with Crippen molar-refractivity contribution in [1.82, 2.24) is 0 Å². The van der Waals surface area contributed by atoms with Crippen LogP contribution in [0.15, 0.2) is 23.8 Å². The van der Waals surface area contributed by atoms with Gasteiger partial charge in [0.15, 0.2) is 0 Å². The Balaban J connectivity index is 0.00000149. The van der Waals surface area contributed by atoms with E-state index in [1.165, 1.54) is 50.2 Å². The van der Waals surface area contributed by atoms with Crippen LogP contribution in [-0.4, -0.2) is 24.4 Å². The molecular formula is C20H34O3. The van der Waals surface area contributed by atoms with Crippen molar-refractivity contribution in [2.24, 2.45) is 0 Å². The lowest BCUT2D eigenvalue weighted by molar-refractivity contribution is 0.277. The van der Waals surface area contributed by atoms with Crippen LogP contribution < -0.4 is 0 Å². The third kappa shape index (κ3) is 10.0. The summed E-state index contributed by atoms with van der Waals surface area (Å²) >= 11 is 0. The Labute approximate surface area is 142 Å². The second-order valence-corrected chi connectivity index (χ2v) is 6.07. The first-order valence-electron chi connectivity index (χ1n) is 8.56. The number of phenols is 2. The maximum atomic E-state index is 9.54. The van der Waals surface area contributed by atoms with Gasteiger partial charge in [-0.15, -0.1) is 0 Å². The molecule has 3 nitrogen and oxygen atoms in total. The number of rotatable bonds is 8. The van der Waals surface area contributed by atoms with E-state index in [1.807, 2.05) is 0 Å². The zero-order valence-corrected chi connectivity index (χ0v) is 15.5. The van der Waals surface area contributed by atoms with Crippen molar-refractivity contribution in [3.8, 4) is 11.5 Å². The summed E-state index contributed by atoms with van der Waals surface area (Å²) in [5, 5.41) is 19.1. The van der Waals surface area contributed by atoms with Crippen LogP contribution in [0, 0.1) is 0 Å². The minimum absolute atomic E-state index is 0.117. The highest BCUT2D eigenvalue weighted by Gasteiger charge is 2.04. The summed E-state index contributed by atoms with van der Waals surface area (Å²) in [5.74, 6) is 0.235. The molecule has 0 fully saturated rings. The summed E-state index contributed by atoms with van der Waals surface area (Å²) in [5.41, 5.74) is 3.40. The quantitative estimate of drug-likeness (QED) is 0.585. The van der Waals surface area contributed by atoms with E-state index in [-0.39, 0.29) is 11.5 Å². The minimum Gasteiger partial charge on any atom is -0.508 e. The van der Waals surface area contributed by atoms with Gasteiger partial charge in [-0.2, -0.15) is 0 Å². The van der Waals surface area contributed by atoms with E-state index in [0.29, 0.717) is 0 Å². The molecule has 0 saturated heterocycles. The average Bonchev–Trinajstić information content (AvgIpc) is 2.49. The Morgan fingerprint density at radius 1 is 0.870 bits per heavy atom. The SMILES string of the molecule is CCCCCCCC/C(C)=C(\C)c1cc(O)cc(O)c1.COC. The van der Waals surface area contributed by atoms with Gasteiger partial charge in [0.2, 0.25) is 0 Å². The molecule has 1 aromatic rings. The zero-order chi connectivity index (χ0) is 17.7. The Morgan fingerprint density at radius 2 is 1.35 bits per heavy atom. The molecule has 0 atom stereocenters. The molecule has 1 rings (SSSR count). The summed E-state index contributed by atoms with van der Waals surface area (Å²) in [7, 11) is 3.25. The summed E-state index contributed by atoms with van der Waals surface area (Å²) in [4.78, 5) is 0. The third-order valence-corrected chi connectivity index (χ3v) is 3.88. The molecule has 0 unspecified atom stereocenters. The summed E-state index contributed by atoms with van der Waals surface area (Å²) in [6.45, 7) is 6.43. The second kappa shape index (κ2) is 13.0. The molecule has 0 amide bonds. The highest BCUT2D eigenvalue weighted by Crippen LogP contribution is 2.28. The molecule has 0 aliphatic rings. The van der Waals surface area contributed by atoms with Crippen LogP contribution >= 0.6 is 0 Å². The average molecular weight is 322 g/mol. The van der Waals surface area contributed by atoms with Crippen LogP contribution in [0.3, 0.4) is 0 Å². The molecule has 0 heterocycles. The van der Waals surface area contributed by atoms with E-state index < -0.39 is 0 Å². The summed E-state index contributed by atoms with van der Waals surface area (Å²) in [6, 6.07) is 4.78. The number of aromatic hydroxyl groups is 2. The van der Waals surface area contributed by atoms with Gasteiger partial charge in [0.05, 0.1) is 0 Å². The first-order valence-corrected chi connectivity index (χ1v) is 8.56. The molecule has 2 N–H and O–H groups in total. The Kier molecular flexibility index (Phi) is 12.2. The van der Waals surface area contributed by atoms with Gasteiger partial charge in [-0.05, 0) is 50.0 Å². The van der Waals surface area contributed by atoms with E-state index in [9.17, 15) is 10.2 Å². The highest BCUT2D eigenvalue weighted by atomic mass is 16.4. The van der Waals surface area contributed by atoms with E-state index in [0.717, 1.165) is 17.6 Å². The molecule has 0 saturated carbocycles. The number of ether oxygens (including phenoxy) is 1. The molecule has 0 radical (unpaired) electrons. The lowest BCUT2D eigenvalue weighted by Gasteiger charge is -2.09. The number of hydrogen-bond acceptors (Lipinski definition) is 3. The van der Waals surface area contributed by atoms with E-state index in [1.54, 1.807) is 26.4 Å². The fourth-order valence-corrected chi connectivity index (χ4v) is 2.42. The van der Waals surface area contributed by atoms with Crippen LogP contribution in [0.2, 0.25) is 0 Å². The molecular weight excluding hydrogens is 288 g/mol. The number of allylic oxidation sites excluding steroid dienone is 2. The van der Waals surface area contributed by atoms with Crippen molar-refractivity contribution in [1.29, 1.82) is 0 Å². The van der Waals surface area contributed by atoms with Gasteiger partial charge in [0, 0.05) is 20.3 Å². The van der Waals surface area contributed by atoms with Crippen molar-refractivity contribution in [2.75, 3.05) is 14.2 Å². The Hall–Kier alpha value is -1.48. The van der Waals surface area contributed by atoms with Crippen LogP contribution in [0.4, 0.5) is 0 Å². The number of benzene rings is 1. The van der Waals surface area contributed by atoms with Gasteiger partial charge in [-0.3, -0.25) is 0 Å². The number of hydrogen-bond donors (Lipinski definition) is 2.